The Morgan fingerprint density at radius 3 is 2.39 bits per heavy atom. The van der Waals surface area contributed by atoms with Gasteiger partial charge in [-0.1, -0.05) is 29.8 Å². The summed E-state index contributed by atoms with van der Waals surface area (Å²) in [4.78, 5) is 12.9. The number of ether oxygens (including phenoxy) is 2. The van der Waals surface area contributed by atoms with E-state index >= 15 is 0 Å². The van der Waals surface area contributed by atoms with E-state index in [2.05, 4.69) is 5.32 Å². The van der Waals surface area contributed by atoms with E-state index in [1.54, 1.807) is 14.2 Å². The van der Waals surface area contributed by atoms with E-state index in [1.807, 2.05) is 49.4 Å². The summed E-state index contributed by atoms with van der Waals surface area (Å²) >= 11 is 1.47. The van der Waals surface area contributed by atoms with E-state index in [0.29, 0.717) is 23.8 Å². The fourth-order valence-corrected chi connectivity index (χ4v) is 2.77. The van der Waals surface area contributed by atoms with Gasteiger partial charge in [0, 0.05) is 11.4 Å². The summed E-state index contributed by atoms with van der Waals surface area (Å²) in [5.74, 6) is 1.71. The van der Waals surface area contributed by atoms with Gasteiger partial charge in [0.1, 0.15) is 0 Å². The summed E-state index contributed by atoms with van der Waals surface area (Å²) < 4.78 is 10.5. The molecule has 0 aliphatic heterocycles. The molecule has 0 fully saturated rings. The second-order valence-electron chi connectivity index (χ2n) is 5.07. The molecule has 0 bridgehead atoms. The van der Waals surface area contributed by atoms with Crippen LogP contribution in [0.3, 0.4) is 0 Å². The Morgan fingerprint density at radius 1 is 1.04 bits per heavy atom. The highest BCUT2D eigenvalue weighted by Crippen LogP contribution is 2.31. The Kier molecular flexibility index (Phi) is 6.35. The molecule has 2 aromatic rings. The fraction of sp³-hybridized carbons (Fsp3) is 0.278. The number of hydrogen-bond donors (Lipinski definition) is 1. The third-order valence-electron chi connectivity index (χ3n) is 3.34. The molecule has 0 aromatic heterocycles. The minimum absolute atomic E-state index is 0.00496. The first kappa shape index (κ1) is 17.2. The van der Waals surface area contributed by atoms with E-state index in [1.165, 1.54) is 17.3 Å². The number of benzene rings is 2. The van der Waals surface area contributed by atoms with Gasteiger partial charge in [-0.15, -0.1) is 11.8 Å². The Morgan fingerprint density at radius 2 is 1.74 bits per heavy atom. The molecular formula is C18H21NO3S. The Labute approximate surface area is 141 Å². The van der Waals surface area contributed by atoms with E-state index in [4.69, 9.17) is 9.47 Å². The highest BCUT2D eigenvalue weighted by atomic mass is 32.2. The quantitative estimate of drug-likeness (QED) is 0.790. The van der Waals surface area contributed by atoms with Crippen LogP contribution >= 0.6 is 11.8 Å². The van der Waals surface area contributed by atoms with Crippen molar-refractivity contribution in [3.05, 3.63) is 53.6 Å². The summed E-state index contributed by atoms with van der Waals surface area (Å²) in [7, 11) is 3.20. The lowest BCUT2D eigenvalue weighted by molar-refractivity contribution is -0.118. The van der Waals surface area contributed by atoms with Gasteiger partial charge in [0.25, 0.3) is 0 Å². The standard InChI is InChI=1S/C18H21NO3S/c1-13-4-6-14(7-5-13)11-19-18(20)12-23-15-8-9-16(21-2)17(10-15)22-3/h4-10H,11-12H2,1-3H3,(H,19,20). The molecule has 0 aliphatic carbocycles. The molecule has 0 saturated heterocycles. The zero-order valence-corrected chi connectivity index (χ0v) is 14.4. The van der Waals surface area contributed by atoms with Crippen molar-refractivity contribution in [2.45, 2.75) is 18.4 Å². The SMILES string of the molecule is COc1ccc(SCC(=O)NCc2ccc(C)cc2)cc1OC. The maximum Gasteiger partial charge on any atom is 0.230 e. The minimum atomic E-state index is 0.00496. The first-order chi connectivity index (χ1) is 11.1. The average Bonchev–Trinajstić information content (AvgIpc) is 2.59. The minimum Gasteiger partial charge on any atom is -0.493 e. The third kappa shape index (κ3) is 5.21. The van der Waals surface area contributed by atoms with Crippen LogP contribution in [0.4, 0.5) is 0 Å². The number of hydrogen-bond acceptors (Lipinski definition) is 4. The van der Waals surface area contributed by atoms with E-state index in [0.717, 1.165) is 10.5 Å². The van der Waals surface area contributed by atoms with Crippen molar-refractivity contribution in [2.24, 2.45) is 0 Å². The molecular weight excluding hydrogens is 310 g/mol. The molecule has 1 amide bonds. The topological polar surface area (TPSA) is 47.6 Å². The second-order valence-corrected chi connectivity index (χ2v) is 6.12. The van der Waals surface area contributed by atoms with Gasteiger partial charge >= 0.3 is 0 Å². The van der Waals surface area contributed by atoms with Crippen LogP contribution in [-0.4, -0.2) is 25.9 Å². The number of rotatable bonds is 7. The molecule has 122 valence electrons. The maximum absolute atomic E-state index is 11.9. The Balaban J connectivity index is 1.83. The van der Waals surface area contributed by atoms with E-state index < -0.39 is 0 Å². The maximum atomic E-state index is 11.9. The third-order valence-corrected chi connectivity index (χ3v) is 4.33. The smallest absolute Gasteiger partial charge is 0.230 e. The largest absolute Gasteiger partial charge is 0.493 e. The van der Waals surface area contributed by atoms with Gasteiger partial charge in [-0.3, -0.25) is 4.79 Å². The van der Waals surface area contributed by atoms with Crippen molar-refractivity contribution in [3.8, 4) is 11.5 Å². The molecule has 0 heterocycles. The number of carbonyl (C=O) groups is 1. The molecule has 1 N–H and O–H groups in total. The molecule has 0 aliphatic rings. The first-order valence-electron chi connectivity index (χ1n) is 7.29. The molecule has 0 unspecified atom stereocenters. The van der Waals surface area contributed by atoms with Crippen LogP contribution in [0.1, 0.15) is 11.1 Å². The zero-order valence-electron chi connectivity index (χ0n) is 13.6. The highest BCUT2D eigenvalue weighted by Gasteiger charge is 2.07. The predicted molar refractivity (Wildman–Crippen MR) is 93.3 cm³/mol. The number of nitrogens with one attached hydrogen (secondary N) is 1. The van der Waals surface area contributed by atoms with Crippen molar-refractivity contribution in [1.29, 1.82) is 0 Å². The van der Waals surface area contributed by atoms with Crippen molar-refractivity contribution in [3.63, 3.8) is 0 Å². The van der Waals surface area contributed by atoms with Crippen LogP contribution < -0.4 is 14.8 Å². The van der Waals surface area contributed by atoms with Crippen LogP contribution in [0.25, 0.3) is 0 Å². The summed E-state index contributed by atoms with van der Waals surface area (Å²) in [6, 6.07) is 13.8. The Hall–Kier alpha value is -2.14. The number of methoxy groups -OCH3 is 2. The number of thioether (sulfide) groups is 1. The summed E-state index contributed by atoms with van der Waals surface area (Å²) in [5, 5.41) is 2.92. The molecule has 0 radical (unpaired) electrons. The lowest BCUT2D eigenvalue weighted by Crippen LogP contribution is -2.24. The van der Waals surface area contributed by atoms with Crippen molar-refractivity contribution >= 4 is 17.7 Å². The summed E-state index contributed by atoms with van der Waals surface area (Å²) in [6.07, 6.45) is 0. The normalized spacial score (nSPS) is 10.2. The zero-order chi connectivity index (χ0) is 16.7. The summed E-state index contributed by atoms with van der Waals surface area (Å²) in [5.41, 5.74) is 2.31. The van der Waals surface area contributed by atoms with Gasteiger partial charge in [0.05, 0.1) is 20.0 Å². The van der Waals surface area contributed by atoms with Gasteiger partial charge < -0.3 is 14.8 Å². The molecule has 2 aromatic carbocycles. The van der Waals surface area contributed by atoms with Crippen LogP contribution in [-0.2, 0) is 11.3 Å². The highest BCUT2D eigenvalue weighted by molar-refractivity contribution is 8.00. The van der Waals surface area contributed by atoms with Crippen molar-refractivity contribution < 1.29 is 14.3 Å². The molecule has 2 rings (SSSR count). The van der Waals surface area contributed by atoms with Gasteiger partial charge in [-0.05, 0) is 30.7 Å². The van der Waals surface area contributed by atoms with E-state index in [-0.39, 0.29) is 5.91 Å². The second kappa shape index (κ2) is 8.48. The van der Waals surface area contributed by atoms with Gasteiger partial charge in [-0.2, -0.15) is 0 Å². The fourth-order valence-electron chi connectivity index (χ4n) is 2.01. The predicted octanol–water partition coefficient (Wildman–Crippen LogP) is 3.42. The van der Waals surface area contributed by atoms with Gasteiger partial charge in [0.15, 0.2) is 11.5 Å². The molecule has 0 saturated carbocycles. The monoisotopic (exact) mass is 331 g/mol. The Bertz CT molecular complexity index is 656. The number of aryl methyl sites for hydroxylation is 1. The molecule has 0 atom stereocenters. The van der Waals surface area contributed by atoms with Crippen molar-refractivity contribution in [2.75, 3.05) is 20.0 Å². The molecule has 0 spiro atoms. The van der Waals surface area contributed by atoms with E-state index in [9.17, 15) is 4.79 Å². The number of carbonyl (C=O) groups excluding carboxylic acids is 1. The van der Waals surface area contributed by atoms with Crippen LogP contribution in [0.15, 0.2) is 47.4 Å². The lowest BCUT2D eigenvalue weighted by atomic mass is 10.1. The molecule has 4 nitrogen and oxygen atoms in total. The van der Waals surface area contributed by atoms with Crippen LogP contribution in [0, 0.1) is 6.92 Å². The summed E-state index contributed by atoms with van der Waals surface area (Å²) in [6.45, 7) is 2.59. The van der Waals surface area contributed by atoms with Crippen molar-refractivity contribution in [1.82, 2.24) is 5.32 Å². The van der Waals surface area contributed by atoms with Gasteiger partial charge in [0.2, 0.25) is 5.91 Å². The first-order valence-corrected chi connectivity index (χ1v) is 8.28. The van der Waals surface area contributed by atoms with Crippen LogP contribution in [0.5, 0.6) is 11.5 Å². The molecule has 5 heteroatoms. The average molecular weight is 331 g/mol. The van der Waals surface area contributed by atoms with Gasteiger partial charge in [-0.25, -0.2) is 0 Å². The molecule has 23 heavy (non-hydrogen) atoms. The lowest BCUT2D eigenvalue weighted by Gasteiger charge is -2.09. The van der Waals surface area contributed by atoms with Crippen LogP contribution in [0.2, 0.25) is 0 Å². The number of amides is 1.